The smallest absolute Gasteiger partial charge is 0.324 e. The van der Waals surface area contributed by atoms with Gasteiger partial charge in [-0.15, -0.1) is 0 Å². The van der Waals surface area contributed by atoms with E-state index in [1.807, 2.05) is 0 Å². The van der Waals surface area contributed by atoms with E-state index >= 15 is 0 Å². The molecular weight excluding hydrogens is 266 g/mol. The van der Waals surface area contributed by atoms with Gasteiger partial charge in [-0.25, -0.2) is 9.78 Å². The predicted molar refractivity (Wildman–Crippen MR) is 74.3 cm³/mol. The number of carbonyl (C=O) groups is 1. The lowest BCUT2D eigenvalue weighted by molar-refractivity contribution is 0.262. The zero-order chi connectivity index (χ0) is 13.7. The van der Waals surface area contributed by atoms with Crippen molar-refractivity contribution < 1.29 is 9.90 Å². The van der Waals surface area contributed by atoms with Crippen LogP contribution in [0.2, 0.25) is 5.02 Å². The third kappa shape index (κ3) is 3.94. The number of anilines is 2. The van der Waals surface area contributed by atoms with Gasteiger partial charge in [0.05, 0.1) is 12.3 Å². The molecular formula is C13H12ClN3O2. The van der Waals surface area contributed by atoms with Crippen molar-refractivity contribution in [1.82, 2.24) is 4.98 Å². The van der Waals surface area contributed by atoms with E-state index in [1.54, 1.807) is 42.5 Å². The van der Waals surface area contributed by atoms with Crippen molar-refractivity contribution in [2.75, 3.05) is 10.6 Å². The molecule has 0 spiro atoms. The van der Waals surface area contributed by atoms with Gasteiger partial charge < -0.3 is 10.4 Å². The van der Waals surface area contributed by atoms with Crippen LogP contribution in [0.4, 0.5) is 16.3 Å². The SMILES string of the molecule is O=C(Nc1cccc(Cl)c1)Nc1cccc(CO)n1. The van der Waals surface area contributed by atoms with Crippen molar-refractivity contribution in [1.29, 1.82) is 0 Å². The summed E-state index contributed by atoms with van der Waals surface area (Å²) < 4.78 is 0. The van der Waals surface area contributed by atoms with Gasteiger partial charge in [0.25, 0.3) is 0 Å². The van der Waals surface area contributed by atoms with Crippen molar-refractivity contribution >= 4 is 29.1 Å². The second kappa shape index (κ2) is 6.17. The van der Waals surface area contributed by atoms with Crippen LogP contribution in [0.3, 0.4) is 0 Å². The Labute approximate surface area is 115 Å². The van der Waals surface area contributed by atoms with Crippen LogP contribution in [-0.4, -0.2) is 16.1 Å². The summed E-state index contributed by atoms with van der Waals surface area (Å²) in [5.41, 5.74) is 1.07. The summed E-state index contributed by atoms with van der Waals surface area (Å²) in [5.74, 6) is 0.367. The van der Waals surface area contributed by atoms with Gasteiger partial charge in [-0.3, -0.25) is 5.32 Å². The molecule has 6 heteroatoms. The molecule has 0 atom stereocenters. The number of aromatic nitrogens is 1. The lowest BCUT2D eigenvalue weighted by atomic mass is 10.3. The van der Waals surface area contributed by atoms with E-state index in [4.69, 9.17) is 16.7 Å². The summed E-state index contributed by atoms with van der Waals surface area (Å²) in [6.45, 7) is -0.175. The van der Waals surface area contributed by atoms with Crippen molar-refractivity contribution in [3.8, 4) is 0 Å². The number of amides is 2. The highest BCUT2D eigenvalue weighted by Gasteiger charge is 2.04. The zero-order valence-electron chi connectivity index (χ0n) is 9.93. The lowest BCUT2D eigenvalue weighted by Gasteiger charge is -2.07. The average molecular weight is 278 g/mol. The number of urea groups is 1. The Morgan fingerprint density at radius 2 is 2.00 bits per heavy atom. The first-order chi connectivity index (χ1) is 9.17. The Kier molecular flexibility index (Phi) is 4.33. The summed E-state index contributed by atoms with van der Waals surface area (Å²) in [6.07, 6.45) is 0. The molecule has 19 heavy (non-hydrogen) atoms. The van der Waals surface area contributed by atoms with Gasteiger partial charge in [-0.2, -0.15) is 0 Å². The average Bonchev–Trinajstić information content (AvgIpc) is 2.38. The van der Waals surface area contributed by atoms with Crippen LogP contribution >= 0.6 is 11.6 Å². The molecule has 98 valence electrons. The molecule has 5 nitrogen and oxygen atoms in total. The molecule has 0 saturated carbocycles. The highest BCUT2D eigenvalue weighted by atomic mass is 35.5. The number of nitrogens with one attached hydrogen (secondary N) is 2. The first-order valence-electron chi connectivity index (χ1n) is 5.58. The number of aliphatic hydroxyl groups excluding tert-OH is 1. The molecule has 1 aromatic heterocycles. The van der Waals surface area contributed by atoms with Crippen molar-refractivity contribution in [2.24, 2.45) is 0 Å². The number of nitrogens with zero attached hydrogens (tertiary/aromatic N) is 1. The van der Waals surface area contributed by atoms with Gasteiger partial charge in [0, 0.05) is 10.7 Å². The minimum absolute atomic E-state index is 0.175. The molecule has 2 amide bonds. The fourth-order valence-corrected chi connectivity index (χ4v) is 1.67. The number of rotatable bonds is 3. The molecule has 2 rings (SSSR count). The van der Waals surface area contributed by atoms with Gasteiger partial charge in [-0.1, -0.05) is 23.7 Å². The number of carbonyl (C=O) groups excluding carboxylic acids is 1. The van der Waals surface area contributed by atoms with Gasteiger partial charge in [0.15, 0.2) is 0 Å². The molecule has 1 heterocycles. The second-order valence-corrected chi connectivity index (χ2v) is 4.20. The van der Waals surface area contributed by atoms with Crippen molar-refractivity contribution in [3.05, 3.63) is 53.2 Å². The maximum absolute atomic E-state index is 11.7. The van der Waals surface area contributed by atoms with Crippen LogP contribution in [0.15, 0.2) is 42.5 Å². The van der Waals surface area contributed by atoms with Crippen LogP contribution in [-0.2, 0) is 6.61 Å². The minimum Gasteiger partial charge on any atom is -0.390 e. The normalized spacial score (nSPS) is 10.0. The summed E-state index contributed by atoms with van der Waals surface area (Å²) in [6, 6.07) is 11.4. The summed E-state index contributed by atoms with van der Waals surface area (Å²) in [5, 5.41) is 14.7. The third-order valence-corrected chi connectivity index (χ3v) is 2.53. The van der Waals surface area contributed by atoms with E-state index in [9.17, 15) is 4.79 Å². The van der Waals surface area contributed by atoms with E-state index < -0.39 is 6.03 Å². The summed E-state index contributed by atoms with van der Waals surface area (Å²) in [4.78, 5) is 15.8. The quantitative estimate of drug-likeness (QED) is 0.807. The van der Waals surface area contributed by atoms with Gasteiger partial charge in [0.1, 0.15) is 5.82 Å². The number of hydrogen-bond donors (Lipinski definition) is 3. The largest absolute Gasteiger partial charge is 0.390 e. The minimum atomic E-state index is -0.426. The first kappa shape index (κ1) is 13.3. The highest BCUT2D eigenvalue weighted by molar-refractivity contribution is 6.30. The third-order valence-electron chi connectivity index (χ3n) is 2.29. The molecule has 0 bridgehead atoms. The van der Waals surface area contributed by atoms with E-state index in [-0.39, 0.29) is 6.61 Å². The van der Waals surface area contributed by atoms with Gasteiger partial charge in [-0.05, 0) is 30.3 Å². The fraction of sp³-hybridized carbons (Fsp3) is 0.0769. The maximum Gasteiger partial charge on any atom is 0.324 e. The van der Waals surface area contributed by atoms with Crippen LogP contribution in [0.1, 0.15) is 5.69 Å². The first-order valence-corrected chi connectivity index (χ1v) is 5.95. The van der Waals surface area contributed by atoms with Crippen molar-refractivity contribution in [2.45, 2.75) is 6.61 Å². The lowest BCUT2D eigenvalue weighted by Crippen LogP contribution is -2.20. The van der Waals surface area contributed by atoms with Crippen LogP contribution in [0.25, 0.3) is 0 Å². The maximum atomic E-state index is 11.7. The molecule has 0 saturated heterocycles. The van der Waals surface area contributed by atoms with E-state index in [1.165, 1.54) is 0 Å². The van der Waals surface area contributed by atoms with Crippen LogP contribution in [0, 0.1) is 0 Å². The van der Waals surface area contributed by atoms with E-state index in [0.29, 0.717) is 22.2 Å². The van der Waals surface area contributed by atoms with Crippen LogP contribution < -0.4 is 10.6 Å². The molecule has 1 aromatic carbocycles. The molecule has 3 N–H and O–H groups in total. The molecule has 0 fully saturated rings. The molecule has 0 radical (unpaired) electrons. The second-order valence-electron chi connectivity index (χ2n) is 3.76. The standard InChI is InChI=1S/C13H12ClN3O2/c14-9-3-1-4-10(7-9)16-13(19)17-12-6-2-5-11(8-18)15-12/h1-7,18H,8H2,(H2,15,16,17,19). The summed E-state index contributed by atoms with van der Waals surface area (Å²) in [7, 11) is 0. The number of halogens is 1. The zero-order valence-corrected chi connectivity index (χ0v) is 10.7. The Bertz CT molecular complexity index is 590. The Morgan fingerprint density at radius 1 is 1.21 bits per heavy atom. The fourth-order valence-electron chi connectivity index (χ4n) is 1.48. The number of aliphatic hydroxyl groups is 1. The predicted octanol–water partition coefficient (Wildman–Crippen LogP) is 2.87. The Morgan fingerprint density at radius 3 is 2.74 bits per heavy atom. The molecule has 0 aliphatic carbocycles. The van der Waals surface area contributed by atoms with E-state index in [2.05, 4.69) is 15.6 Å². The Hall–Kier alpha value is -2.11. The number of pyridine rings is 1. The molecule has 0 aliphatic heterocycles. The van der Waals surface area contributed by atoms with Gasteiger partial charge >= 0.3 is 6.03 Å². The summed E-state index contributed by atoms with van der Waals surface area (Å²) >= 11 is 5.82. The number of benzene rings is 1. The topological polar surface area (TPSA) is 74.2 Å². The highest BCUT2D eigenvalue weighted by Crippen LogP contribution is 2.15. The number of hydrogen-bond acceptors (Lipinski definition) is 3. The van der Waals surface area contributed by atoms with E-state index in [0.717, 1.165) is 0 Å². The molecule has 0 unspecified atom stereocenters. The molecule has 2 aromatic rings. The van der Waals surface area contributed by atoms with Crippen LogP contribution in [0.5, 0.6) is 0 Å². The Balaban J connectivity index is 2.01. The monoisotopic (exact) mass is 277 g/mol. The molecule has 0 aliphatic rings. The van der Waals surface area contributed by atoms with Gasteiger partial charge in [0.2, 0.25) is 0 Å². The van der Waals surface area contributed by atoms with Crippen molar-refractivity contribution in [3.63, 3.8) is 0 Å².